The van der Waals surface area contributed by atoms with Gasteiger partial charge in [-0.2, -0.15) is 9.90 Å². The van der Waals surface area contributed by atoms with Crippen molar-refractivity contribution >= 4 is 23.8 Å². The Labute approximate surface area is 99.1 Å². The molecule has 1 radical (unpaired) electrons. The molecule has 0 saturated heterocycles. The molecule has 0 nitrogen and oxygen atoms in total. The van der Waals surface area contributed by atoms with Crippen molar-refractivity contribution in [1.82, 2.24) is 0 Å². The van der Waals surface area contributed by atoms with Crippen LogP contribution in [-0.4, -0.2) is 13.9 Å². The number of hydrogen-bond donors (Lipinski definition) is 0. The van der Waals surface area contributed by atoms with Crippen LogP contribution in [0.25, 0.3) is 0 Å². The van der Waals surface area contributed by atoms with Gasteiger partial charge in [-0.05, 0) is 0 Å². The summed E-state index contributed by atoms with van der Waals surface area (Å²) in [6.07, 6.45) is 8.70. The van der Waals surface area contributed by atoms with E-state index in [0.29, 0.717) is 0 Å². The monoisotopic (exact) mass is 285 g/mol. The fourth-order valence-corrected chi connectivity index (χ4v) is 7.02. The third-order valence-electron chi connectivity index (χ3n) is 2.36. The third-order valence-corrected chi connectivity index (χ3v) is 7.81. The van der Waals surface area contributed by atoms with Crippen molar-refractivity contribution in [2.24, 2.45) is 0 Å². The second-order valence-electron chi connectivity index (χ2n) is 3.79. The van der Waals surface area contributed by atoms with Crippen molar-refractivity contribution in [3.63, 3.8) is 0 Å². The maximum atomic E-state index is 2.32. The van der Waals surface area contributed by atoms with E-state index in [1.807, 2.05) is 0 Å². The maximum Gasteiger partial charge on any atom is -0.153 e. The van der Waals surface area contributed by atoms with Crippen LogP contribution >= 0.6 is 9.90 Å². The van der Waals surface area contributed by atoms with Crippen molar-refractivity contribution in [2.45, 2.75) is 75.3 Å². The molecule has 0 amide bonds. The van der Waals surface area contributed by atoms with E-state index in [9.17, 15) is 0 Å². The molecule has 0 aliphatic heterocycles. The first-order valence-electron chi connectivity index (χ1n) is 5.99. The average molecular weight is 284 g/mol. The van der Waals surface area contributed by atoms with Crippen molar-refractivity contribution in [2.75, 3.05) is 0 Å². The predicted octanol–water partition coefficient (Wildman–Crippen LogP) is 4.94. The number of rotatable bonds is 9. The summed E-state index contributed by atoms with van der Waals surface area (Å²) in [7, 11) is 0. The summed E-state index contributed by atoms with van der Waals surface area (Å²) in [5, 5.41) is 4.82. The molecule has 0 aliphatic carbocycles. The molecule has 0 saturated carbocycles. The molecule has 0 bridgehead atoms. The molecule has 0 aromatic carbocycles. The summed E-state index contributed by atoms with van der Waals surface area (Å²) in [6, 6.07) is 0. The molecule has 0 heterocycles. The van der Waals surface area contributed by atoms with Gasteiger partial charge in [0.25, 0.3) is 0 Å². The fourth-order valence-electron chi connectivity index (χ4n) is 1.35. The van der Waals surface area contributed by atoms with Crippen LogP contribution < -0.4 is 0 Å². The smallest absolute Gasteiger partial charge is 0.153 e. The van der Waals surface area contributed by atoms with E-state index >= 15 is 0 Å². The minimum absolute atomic E-state index is 0. The molecular weight excluding hydrogens is 254 g/mol. The van der Waals surface area contributed by atoms with Crippen molar-refractivity contribution in [3.8, 4) is 0 Å². The summed E-state index contributed by atoms with van der Waals surface area (Å²) in [6.45, 7) is 6.97. The average Bonchev–Trinajstić information content (AvgIpc) is 2.17. The Balaban J connectivity index is 0. The van der Waals surface area contributed by atoms with Gasteiger partial charge in [0.2, 0.25) is 0 Å². The Bertz CT molecular complexity index is 77.3. The zero-order valence-corrected chi connectivity index (χ0v) is 13.6. The molecule has 0 fully saturated rings. The van der Waals surface area contributed by atoms with Gasteiger partial charge in [0.15, 0.2) is 0 Å². The molecule has 0 spiro atoms. The van der Waals surface area contributed by atoms with Crippen LogP contribution in [0.15, 0.2) is 0 Å². The third kappa shape index (κ3) is 11.0. The Hall–Kier alpha value is 0.949. The second kappa shape index (κ2) is 13.9. The second-order valence-corrected chi connectivity index (χ2v) is 8.92. The van der Waals surface area contributed by atoms with Gasteiger partial charge in [-0.1, -0.05) is 0 Å². The van der Waals surface area contributed by atoms with E-state index in [0.717, 1.165) is 0 Å². The van der Waals surface area contributed by atoms with E-state index in [-0.39, 0.29) is 23.8 Å². The first kappa shape index (κ1) is 17.3. The molecule has 0 N–H and O–H groups in total. The number of unbranched alkanes of at least 4 members (excludes halogenated alkanes) is 3. The molecule has 89 valence electrons. The fraction of sp³-hybridized carbons (Fsp3) is 1.00. The van der Waals surface area contributed by atoms with Crippen LogP contribution in [0.3, 0.4) is 0 Å². The summed E-state index contributed by atoms with van der Waals surface area (Å²) >= 11 is -0.154. The van der Waals surface area contributed by atoms with E-state index in [2.05, 4.69) is 20.8 Å². The standard InChI is InChI=1S/C12H27Se.H3P/c1-4-7-10-13(11-8-5-2)12-9-6-3;/h4-12H2,1-3H3;1H3. The van der Waals surface area contributed by atoms with Crippen molar-refractivity contribution in [1.29, 1.82) is 0 Å². The van der Waals surface area contributed by atoms with Gasteiger partial charge in [0, 0.05) is 0 Å². The summed E-state index contributed by atoms with van der Waals surface area (Å²) in [4.78, 5) is 0. The van der Waals surface area contributed by atoms with Crippen molar-refractivity contribution in [3.05, 3.63) is 0 Å². The summed E-state index contributed by atoms with van der Waals surface area (Å²) in [5.41, 5.74) is 0. The van der Waals surface area contributed by atoms with Gasteiger partial charge in [0.1, 0.15) is 0 Å². The molecule has 0 aromatic rings. The maximum absolute atomic E-state index is 2.32. The molecule has 2 heteroatoms. The summed E-state index contributed by atoms with van der Waals surface area (Å²) < 4.78 is 0. The molecular formula is C12H30PSe. The first-order valence-corrected chi connectivity index (χ1v) is 9.62. The van der Waals surface area contributed by atoms with Crippen LogP contribution in [0, 0.1) is 0 Å². The Kier molecular flexibility index (Phi) is 17.3. The zero-order valence-electron chi connectivity index (χ0n) is 10.5. The van der Waals surface area contributed by atoms with Gasteiger partial charge in [-0.25, -0.2) is 0 Å². The van der Waals surface area contributed by atoms with Gasteiger partial charge < -0.3 is 0 Å². The number of hydrogen-bond acceptors (Lipinski definition) is 0. The van der Waals surface area contributed by atoms with Crippen molar-refractivity contribution < 1.29 is 0 Å². The van der Waals surface area contributed by atoms with Gasteiger partial charge in [0.05, 0.1) is 0 Å². The van der Waals surface area contributed by atoms with Crippen LogP contribution in [0.4, 0.5) is 0 Å². The molecule has 14 heavy (non-hydrogen) atoms. The molecule has 0 aliphatic rings. The normalized spacial score (nSPS) is 10.3. The topological polar surface area (TPSA) is 0 Å². The molecule has 0 aromatic heterocycles. The van der Waals surface area contributed by atoms with Crippen LogP contribution in [0.5, 0.6) is 0 Å². The summed E-state index contributed by atoms with van der Waals surface area (Å²) in [5.74, 6) is 0. The van der Waals surface area contributed by atoms with E-state index < -0.39 is 0 Å². The Morgan fingerprint density at radius 3 is 1.14 bits per heavy atom. The van der Waals surface area contributed by atoms with Crippen LogP contribution in [0.1, 0.15) is 59.3 Å². The van der Waals surface area contributed by atoms with Crippen LogP contribution in [0.2, 0.25) is 16.0 Å². The zero-order chi connectivity index (χ0) is 9.94. The quantitative estimate of drug-likeness (QED) is 0.415. The van der Waals surface area contributed by atoms with Gasteiger partial charge >= 0.3 is 89.2 Å². The van der Waals surface area contributed by atoms with E-state index in [1.165, 1.54) is 38.5 Å². The van der Waals surface area contributed by atoms with E-state index in [4.69, 9.17) is 0 Å². The minimum Gasteiger partial charge on any atom is -0.153 e. The van der Waals surface area contributed by atoms with Gasteiger partial charge in [-0.3, -0.25) is 0 Å². The Morgan fingerprint density at radius 1 is 0.643 bits per heavy atom. The van der Waals surface area contributed by atoms with Gasteiger partial charge in [-0.15, -0.1) is 0 Å². The predicted molar refractivity (Wildman–Crippen MR) is 76.0 cm³/mol. The Morgan fingerprint density at radius 2 is 0.929 bits per heavy atom. The van der Waals surface area contributed by atoms with Crippen LogP contribution in [-0.2, 0) is 0 Å². The van der Waals surface area contributed by atoms with E-state index in [1.54, 1.807) is 16.0 Å². The first-order chi connectivity index (χ1) is 6.35. The molecule has 1 unspecified atom stereocenters. The minimum atomic E-state index is -0.154. The molecule has 0 rings (SSSR count). The largest absolute Gasteiger partial charge is 0.153 e. The molecule has 1 atom stereocenters. The SMILES string of the molecule is CCCC[Se](CCCC)CCCC.P.